The lowest BCUT2D eigenvalue weighted by molar-refractivity contribution is -0.127. The van der Waals surface area contributed by atoms with Gasteiger partial charge in [0.15, 0.2) is 0 Å². The van der Waals surface area contributed by atoms with Crippen LogP contribution in [-0.2, 0) is 4.79 Å². The number of benzene rings is 1. The van der Waals surface area contributed by atoms with E-state index >= 15 is 0 Å². The minimum atomic E-state index is 0.0206. The molecule has 5 nitrogen and oxygen atoms in total. The second kappa shape index (κ2) is 7.41. The second-order valence-corrected chi connectivity index (χ2v) is 7.55. The third-order valence-electron chi connectivity index (χ3n) is 4.57. The topological polar surface area (TPSA) is 58.2 Å². The summed E-state index contributed by atoms with van der Waals surface area (Å²) >= 11 is 1.58. The number of aryl methyl sites for hydroxylation is 1. The molecule has 1 fully saturated rings. The molecule has 3 heterocycles. The number of thioether (sulfide) groups is 1. The first-order valence-electron chi connectivity index (χ1n) is 8.75. The highest BCUT2D eigenvalue weighted by atomic mass is 32.2. The third kappa shape index (κ3) is 3.70. The van der Waals surface area contributed by atoms with Gasteiger partial charge >= 0.3 is 0 Å². The number of carbonyl (C=O) groups is 1. The molecule has 0 aliphatic carbocycles. The van der Waals surface area contributed by atoms with Crippen LogP contribution in [0, 0.1) is 6.92 Å². The number of carbonyl (C=O) groups excluding carboxylic acids is 1. The molecule has 3 aromatic rings. The minimum absolute atomic E-state index is 0.0206. The Labute approximate surface area is 156 Å². The molecule has 0 saturated carbocycles. The number of ether oxygens (including phenoxy) is 1. The van der Waals surface area contributed by atoms with Crippen LogP contribution in [0.5, 0.6) is 5.88 Å². The SMILES string of the molecule is Cc1ccc(OC2CCN(C(=O)CSc3c[nH]c4ccccc34)C2)nc1. The number of amides is 1. The Balaban J connectivity index is 1.31. The maximum atomic E-state index is 12.5. The molecule has 1 amide bonds. The van der Waals surface area contributed by atoms with Crippen LogP contribution in [0.15, 0.2) is 53.7 Å². The van der Waals surface area contributed by atoms with Crippen molar-refractivity contribution in [2.75, 3.05) is 18.8 Å². The first-order valence-corrected chi connectivity index (χ1v) is 9.73. The molecular formula is C20H21N3O2S. The number of para-hydroxylation sites is 1. The number of hydrogen-bond donors (Lipinski definition) is 1. The molecule has 1 unspecified atom stereocenters. The summed E-state index contributed by atoms with van der Waals surface area (Å²) < 4.78 is 5.90. The summed E-state index contributed by atoms with van der Waals surface area (Å²) in [4.78, 5) is 23.1. The van der Waals surface area contributed by atoms with E-state index in [0.717, 1.165) is 28.9 Å². The largest absolute Gasteiger partial charge is 0.472 e. The summed E-state index contributed by atoms with van der Waals surface area (Å²) in [5, 5.41) is 1.17. The van der Waals surface area contributed by atoms with Gasteiger partial charge in [-0.25, -0.2) is 4.98 Å². The van der Waals surface area contributed by atoms with Gasteiger partial charge in [-0.1, -0.05) is 24.3 Å². The number of pyridine rings is 1. The maximum Gasteiger partial charge on any atom is 0.233 e. The lowest BCUT2D eigenvalue weighted by Gasteiger charge is -2.16. The molecule has 1 N–H and O–H groups in total. The van der Waals surface area contributed by atoms with E-state index in [-0.39, 0.29) is 12.0 Å². The average molecular weight is 367 g/mol. The summed E-state index contributed by atoms with van der Waals surface area (Å²) in [6.07, 6.45) is 4.64. The van der Waals surface area contributed by atoms with Crippen LogP contribution in [-0.4, -0.2) is 45.7 Å². The van der Waals surface area contributed by atoms with E-state index in [1.807, 2.05) is 48.4 Å². The van der Waals surface area contributed by atoms with Crippen molar-refractivity contribution in [3.05, 3.63) is 54.4 Å². The molecule has 0 radical (unpaired) electrons. The quantitative estimate of drug-likeness (QED) is 0.700. The Morgan fingerprint density at radius 3 is 3.08 bits per heavy atom. The Hall–Kier alpha value is -2.47. The highest BCUT2D eigenvalue weighted by Gasteiger charge is 2.27. The molecule has 1 saturated heterocycles. The van der Waals surface area contributed by atoms with Crippen LogP contribution in [0.2, 0.25) is 0 Å². The molecule has 6 heteroatoms. The smallest absolute Gasteiger partial charge is 0.233 e. The molecule has 4 rings (SSSR count). The van der Waals surface area contributed by atoms with Gasteiger partial charge in [-0.15, -0.1) is 11.8 Å². The molecule has 26 heavy (non-hydrogen) atoms. The van der Waals surface area contributed by atoms with Crippen LogP contribution < -0.4 is 4.74 Å². The fourth-order valence-corrected chi connectivity index (χ4v) is 4.08. The van der Waals surface area contributed by atoms with Crippen LogP contribution in [0.25, 0.3) is 10.9 Å². The highest BCUT2D eigenvalue weighted by molar-refractivity contribution is 8.00. The van der Waals surface area contributed by atoms with Gasteiger partial charge in [0.25, 0.3) is 0 Å². The number of hydrogen-bond acceptors (Lipinski definition) is 4. The number of rotatable bonds is 5. The summed E-state index contributed by atoms with van der Waals surface area (Å²) in [7, 11) is 0. The van der Waals surface area contributed by atoms with Gasteiger partial charge in [0.2, 0.25) is 11.8 Å². The Morgan fingerprint density at radius 1 is 1.35 bits per heavy atom. The van der Waals surface area contributed by atoms with E-state index in [9.17, 15) is 4.79 Å². The van der Waals surface area contributed by atoms with Gasteiger partial charge in [-0.05, 0) is 18.6 Å². The van der Waals surface area contributed by atoms with Gasteiger partial charge in [0.1, 0.15) is 6.10 Å². The van der Waals surface area contributed by atoms with Gasteiger partial charge < -0.3 is 14.6 Å². The number of nitrogens with one attached hydrogen (secondary N) is 1. The summed E-state index contributed by atoms with van der Waals surface area (Å²) in [6.45, 7) is 3.37. The van der Waals surface area contributed by atoms with Gasteiger partial charge in [-0.2, -0.15) is 0 Å². The van der Waals surface area contributed by atoms with Crippen LogP contribution in [0.1, 0.15) is 12.0 Å². The standard InChI is InChI=1S/C20H21N3O2S/c1-14-6-7-19(22-10-14)25-15-8-9-23(12-15)20(24)13-26-18-11-21-17-5-3-2-4-16(17)18/h2-7,10-11,15,21H,8-9,12-13H2,1H3. The first-order chi connectivity index (χ1) is 12.7. The monoisotopic (exact) mass is 367 g/mol. The number of aromatic amines is 1. The zero-order valence-electron chi connectivity index (χ0n) is 14.6. The predicted octanol–water partition coefficient (Wildman–Crippen LogP) is 3.64. The minimum Gasteiger partial charge on any atom is -0.472 e. The maximum absolute atomic E-state index is 12.5. The van der Waals surface area contributed by atoms with Crippen LogP contribution in [0.3, 0.4) is 0 Å². The number of nitrogens with zero attached hydrogens (tertiary/aromatic N) is 2. The lowest BCUT2D eigenvalue weighted by Crippen LogP contribution is -2.32. The van der Waals surface area contributed by atoms with Gasteiger partial charge in [0.05, 0.1) is 12.3 Å². The van der Waals surface area contributed by atoms with Gasteiger partial charge in [0, 0.05) is 47.2 Å². The van der Waals surface area contributed by atoms with E-state index in [1.165, 1.54) is 5.39 Å². The van der Waals surface area contributed by atoms with Crippen molar-refractivity contribution < 1.29 is 9.53 Å². The molecule has 1 aromatic carbocycles. The van der Waals surface area contributed by atoms with Crippen molar-refractivity contribution in [2.24, 2.45) is 0 Å². The highest BCUT2D eigenvalue weighted by Crippen LogP contribution is 2.28. The van der Waals surface area contributed by atoms with Crippen molar-refractivity contribution in [1.29, 1.82) is 0 Å². The van der Waals surface area contributed by atoms with Crippen molar-refractivity contribution in [2.45, 2.75) is 24.3 Å². The summed E-state index contributed by atoms with van der Waals surface area (Å²) in [5.74, 6) is 1.23. The van der Waals surface area contributed by atoms with E-state index in [2.05, 4.69) is 16.0 Å². The molecule has 1 aliphatic rings. The van der Waals surface area contributed by atoms with Crippen LogP contribution in [0.4, 0.5) is 0 Å². The van der Waals surface area contributed by atoms with Crippen molar-refractivity contribution >= 4 is 28.6 Å². The van der Waals surface area contributed by atoms with Gasteiger partial charge in [-0.3, -0.25) is 4.79 Å². The fourth-order valence-electron chi connectivity index (χ4n) is 3.14. The molecule has 2 aromatic heterocycles. The molecule has 1 atom stereocenters. The average Bonchev–Trinajstić information content (AvgIpc) is 3.29. The van der Waals surface area contributed by atoms with Crippen molar-refractivity contribution in [3.63, 3.8) is 0 Å². The molecule has 1 aliphatic heterocycles. The summed E-state index contributed by atoms with van der Waals surface area (Å²) in [6, 6.07) is 12.0. The number of likely N-dealkylation sites (tertiary alicyclic amines) is 1. The molecule has 0 bridgehead atoms. The predicted molar refractivity (Wildman–Crippen MR) is 104 cm³/mol. The fraction of sp³-hybridized carbons (Fsp3) is 0.300. The third-order valence-corrected chi connectivity index (χ3v) is 5.61. The lowest BCUT2D eigenvalue weighted by atomic mass is 10.2. The Kier molecular flexibility index (Phi) is 4.84. The molecular weight excluding hydrogens is 346 g/mol. The second-order valence-electron chi connectivity index (χ2n) is 6.53. The zero-order chi connectivity index (χ0) is 17.9. The number of aromatic nitrogens is 2. The van der Waals surface area contributed by atoms with E-state index in [1.54, 1.807) is 18.0 Å². The normalized spacial score (nSPS) is 17.0. The zero-order valence-corrected chi connectivity index (χ0v) is 15.5. The van der Waals surface area contributed by atoms with Crippen molar-refractivity contribution in [1.82, 2.24) is 14.9 Å². The molecule has 134 valence electrons. The number of fused-ring (bicyclic) bond motifs is 1. The Bertz CT molecular complexity index is 907. The van der Waals surface area contributed by atoms with E-state index in [4.69, 9.17) is 4.74 Å². The van der Waals surface area contributed by atoms with E-state index in [0.29, 0.717) is 18.2 Å². The number of H-pyrrole nitrogens is 1. The Morgan fingerprint density at radius 2 is 2.23 bits per heavy atom. The van der Waals surface area contributed by atoms with Crippen LogP contribution >= 0.6 is 11.8 Å². The first kappa shape index (κ1) is 17.0. The van der Waals surface area contributed by atoms with Crippen molar-refractivity contribution in [3.8, 4) is 5.88 Å². The summed E-state index contributed by atoms with van der Waals surface area (Å²) in [5.41, 5.74) is 2.21. The molecule has 0 spiro atoms. The van der Waals surface area contributed by atoms with E-state index < -0.39 is 0 Å².